The van der Waals surface area contributed by atoms with Gasteiger partial charge in [-0.05, 0) is 37.0 Å². The number of nitrogens with one attached hydrogen (secondary N) is 2. The molecule has 0 spiro atoms. The lowest BCUT2D eigenvalue weighted by Gasteiger charge is -2.21. The number of carbonyl (C=O) groups is 2. The first-order valence-corrected chi connectivity index (χ1v) is 12.1. The lowest BCUT2D eigenvalue weighted by Crippen LogP contribution is -2.31. The molecule has 1 fully saturated rings. The Balaban J connectivity index is 1.55. The maximum atomic E-state index is 12.9. The number of methoxy groups -OCH3 is 2. The summed E-state index contributed by atoms with van der Waals surface area (Å²) in [5, 5.41) is 6.00. The number of ether oxygens (including phenoxy) is 2. The summed E-state index contributed by atoms with van der Waals surface area (Å²) in [6.45, 7) is 1.06. The highest BCUT2D eigenvalue weighted by atomic mass is 32.2. The van der Waals surface area contributed by atoms with Crippen LogP contribution in [0.25, 0.3) is 0 Å². The van der Waals surface area contributed by atoms with E-state index >= 15 is 0 Å². The molecule has 0 saturated heterocycles. The van der Waals surface area contributed by atoms with E-state index in [1.165, 1.54) is 43.9 Å². The van der Waals surface area contributed by atoms with Gasteiger partial charge in [-0.25, -0.2) is 0 Å². The van der Waals surface area contributed by atoms with E-state index < -0.39 is 0 Å². The first kappa shape index (κ1) is 24.0. The highest BCUT2D eigenvalue weighted by Crippen LogP contribution is 2.31. The number of para-hydroxylation sites is 1. The van der Waals surface area contributed by atoms with Gasteiger partial charge in [-0.15, -0.1) is 11.8 Å². The SMILES string of the molecule is COc1cccc(CNC(=O)c2ccccc2SCC(=O)NCC2CCCCC2)c1OC. The van der Waals surface area contributed by atoms with Gasteiger partial charge in [-0.1, -0.05) is 43.5 Å². The van der Waals surface area contributed by atoms with E-state index in [1.54, 1.807) is 20.3 Å². The van der Waals surface area contributed by atoms with Crippen molar-refractivity contribution in [2.45, 2.75) is 43.5 Å². The Morgan fingerprint density at radius 3 is 2.50 bits per heavy atom. The van der Waals surface area contributed by atoms with Gasteiger partial charge in [0, 0.05) is 23.5 Å². The van der Waals surface area contributed by atoms with Crippen molar-refractivity contribution in [2.24, 2.45) is 5.92 Å². The first-order valence-electron chi connectivity index (χ1n) is 11.1. The molecule has 0 bridgehead atoms. The molecule has 1 aliphatic carbocycles. The third-order valence-electron chi connectivity index (χ3n) is 5.73. The maximum absolute atomic E-state index is 12.9. The molecule has 172 valence electrons. The van der Waals surface area contributed by atoms with Crippen molar-refractivity contribution in [1.29, 1.82) is 0 Å². The van der Waals surface area contributed by atoms with Crippen LogP contribution >= 0.6 is 11.8 Å². The van der Waals surface area contributed by atoms with Crippen LogP contribution in [0.2, 0.25) is 0 Å². The Bertz CT molecular complexity index is 913. The Labute approximate surface area is 194 Å². The lowest BCUT2D eigenvalue weighted by molar-refractivity contribution is -0.118. The number of thioether (sulfide) groups is 1. The smallest absolute Gasteiger partial charge is 0.252 e. The average Bonchev–Trinajstić information content (AvgIpc) is 2.85. The van der Waals surface area contributed by atoms with Gasteiger partial charge in [-0.2, -0.15) is 0 Å². The zero-order valence-electron chi connectivity index (χ0n) is 18.8. The van der Waals surface area contributed by atoms with E-state index in [0.29, 0.717) is 35.3 Å². The summed E-state index contributed by atoms with van der Waals surface area (Å²) < 4.78 is 10.8. The van der Waals surface area contributed by atoms with Crippen molar-refractivity contribution < 1.29 is 19.1 Å². The van der Waals surface area contributed by atoms with Gasteiger partial charge in [0.15, 0.2) is 11.5 Å². The Morgan fingerprint density at radius 1 is 0.969 bits per heavy atom. The molecule has 0 heterocycles. The van der Waals surface area contributed by atoms with E-state index in [2.05, 4.69) is 10.6 Å². The number of amides is 2. The minimum atomic E-state index is -0.194. The molecule has 1 saturated carbocycles. The topological polar surface area (TPSA) is 76.7 Å². The number of rotatable bonds is 10. The fourth-order valence-electron chi connectivity index (χ4n) is 3.99. The Kier molecular flexibility index (Phi) is 9.28. The van der Waals surface area contributed by atoms with Crippen molar-refractivity contribution in [3.63, 3.8) is 0 Å². The summed E-state index contributed by atoms with van der Waals surface area (Å²) in [7, 11) is 3.16. The first-order chi connectivity index (χ1) is 15.6. The zero-order chi connectivity index (χ0) is 22.8. The molecular formula is C25H32N2O4S. The van der Waals surface area contributed by atoms with E-state index in [0.717, 1.165) is 17.0 Å². The summed E-state index contributed by atoms with van der Waals surface area (Å²) in [6, 6.07) is 12.9. The molecule has 0 unspecified atom stereocenters. The summed E-state index contributed by atoms with van der Waals surface area (Å²) in [5.41, 5.74) is 1.38. The molecular weight excluding hydrogens is 424 g/mol. The van der Waals surface area contributed by atoms with Crippen LogP contribution in [-0.4, -0.2) is 38.3 Å². The van der Waals surface area contributed by atoms with Gasteiger partial charge in [0.1, 0.15) is 0 Å². The quantitative estimate of drug-likeness (QED) is 0.518. The number of benzene rings is 2. The second-order valence-electron chi connectivity index (χ2n) is 7.93. The van der Waals surface area contributed by atoms with Gasteiger partial charge in [-0.3, -0.25) is 9.59 Å². The molecule has 0 radical (unpaired) electrons. The number of carbonyl (C=O) groups excluding carboxylic acids is 2. The number of hydrogen-bond donors (Lipinski definition) is 2. The van der Waals surface area contributed by atoms with Crippen molar-refractivity contribution >= 4 is 23.6 Å². The second-order valence-corrected chi connectivity index (χ2v) is 8.95. The van der Waals surface area contributed by atoms with Crippen LogP contribution in [0.4, 0.5) is 0 Å². The minimum Gasteiger partial charge on any atom is -0.493 e. The van der Waals surface area contributed by atoms with Crippen LogP contribution in [-0.2, 0) is 11.3 Å². The molecule has 0 aromatic heterocycles. The summed E-state index contributed by atoms with van der Waals surface area (Å²) >= 11 is 1.39. The average molecular weight is 457 g/mol. The largest absolute Gasteiger partial charge is 0.493 e. The summed E-state index contributed by atoms with van der Waals surface area (Å²) in [5.74, 6) is 1.93. The third kappa shape index (κ3) is 6.66. The standard InChI is InChI=1S/C25H32N2O4S/c1-30-21-13-8-11-19(24(21)31-2)16-27-25(29)20-12-6-7-14-22(20)32-17-23(28)26-15-18-9-4-3-5-10-18/h6-8,11-14,18H,3-5,9-10,15-17H2,1-2H3,(H,26,28)(H,27,29). The van der Waals surface area contributed by atoms with E-state index in [4.69, 9.17) is 9.47 Å². The third-order valence-corrected chi connectivity index (χ3v) is 6.80. The van der Waals surface area contributed by atoms with Gasteiger partial charge >= 0.3 is 0 Å². The molecule has 2 N–H and O–H groups in total. The maximum Gasteiger partial charge on any atom is 0.252 e. The Morgan fingerprint density at radius 2 is 1.75 bits per heavy atom. The molecule has 7 heteroatoms. The highest BCUT2D eigenvalue weighted by Gasteiger charge is 2.17. The molecule has 32 heavy (non-hydrogen) atoms. The zero-order valence-corrected chi connectivity index (χ0v) is 19.6. The minimum absolute atomic E-state index is 0.0110. The van der Waals surface area contributed by atoms with Crippen molar-refractivity contribution in [1.82, 2.24) is 10.6 Å². The lowest BCUT2D eigenvalue weighted by atomic mass is 9.89. The highest BCUT2D eigenvalue weighted by molar-refractivity contribution is 8.00. The van der Waals surface area contributed by atoms with Crippen molar-refractivity contribution in [3.05, 3.63) is 53.6 Å². The van der Waals surface area contributed by atoms with Crippen LogP contribution in [0.3, 0.4) is 0 Å². The molecule has 1 aliphatic rings. The molecule has 0 aliphatic heterocycles. The van der Waals surface area contributed by atoms with E-state index in [9.17, 15) is 9.59 Å². The van der Waals surface area contributed by atoms with Gasteiger partial charge in [0.25, 0.3) is 5.91 Å². The fraction of sp³-hybridized carbons (Fsp3) is 0.440. The molecule has 2 aromatic rings. The van der Waals surface area contributed by atoms with E-state index in [-0.39, 0.29) is 11.8 Å². The van der Waals surface area contributed by atoms with Crippen LogP contribution in [0.1, 0.15) is 48.0 Å². The molecule has 6 nitrogen and oxygen atoms in total. The van der Waals surface area contributed by atoms with Gasteiger partial charge in [0.05, 0.1) is 25.5 Å². The molecule has 0 atom stereocenters. The summed E-state index contributed by atoms with van der Waals surface area (Å²) in [4.78, 5) is 26.0. The molecule has 2 amide bonds. The van der Waals surface area contributed by atoms with Crippen LogP contribution in [0.15, 0.2) is 47.4 Å². The van der Waals surface area contributed by atoms with Gasteiger partial charge < -0.3 is 20.1 Å². The predicted octanol–water partition coefficient (Wildman–Crippen LogP) is 4.42. The van der Waals surface area contributed by atoms with Crippen molar-refractivity contribution in [3.8, 4) is 11.5 Å². The molecule has 2 aromatic carbocycles. The van der Waals surface area contributed by atoms with E-state index in [1.807, 2.05) is 36.4 Å². The predicted molar refractivity (Wildman–Crippen MR) is 127 cm³/mol. The molecule has 3 rings (SSSR count). The fourth-order valence-corrected chi connectivity index (χ4v) is 4.87. The van der Waals surface area contributed by atoms with Gasteiger partial charge in [0.2, 0.25) is 5.91 Å². The normalized spacial score (nSPS) is 13.9. The Hall–Kier alpha value is -2.67. The van der Waals surface area contributed by atoms with Crippen molar-refractivity contribution in [2.75, 3.05) is 26.5 Å². The monoisotopic (exact) mass is 456 g/mol. The van der Waals surface area contributed by atoms with Crippen LogP contribution in [0, 0.1) is 5.92 Å². The van der Waals surface area contributed by atoms with Crippen LogP contribution in [0.5, 0.6) is 11.5 Å². The number of hydrogen-bond acceptors (Lipinski definition) is 5. The second kappa shape index (κ2) is 12.4. The van der Waals surface area contributed by atoms with Crippen LogP contribution < -0.4 is 20.1 Å². The summed E-state index contributed by atoms with van der Waals surface area (Å²) in [6.07, 6.45) is 6.24.